The zero-order chi connectivity index (χ0) is 12.3. The van der Waals surface area contributed by atoms with Crippen molar-refractivity contribution in [1.29, 1.82) is 0 Å². The van der Waals surface area contributed by atoms with E-state index < -0.39 is 0 Å². The van der Waals surface area contributed by atoms with Crippen LogP contribution in [0.5, 0.6) is 5.75 Å². The highest BCUT2D eigenvalue weighted by atomic mass is 32.2. The van der Waals surface area contributed by atoms with Gasteiger partial charge in [0, 0.05) is 18.0 Å². The van der Waals surface area contributed by atoms with Crippen LogP contribution in [0.25, 0.3) is 0 Å². The van der Waals surface area contributed by atoms with Crippen molar-refractivity contribution in [3.63, 3.8) is 0 Å². The third-order valence-corrected chi connectivity index (χ3v) is 4.10. The number of nitrogens with two attached hydrogens (primary N) is 1. The van der Waals surface area contributed by atoms with Crippen molar-refractivity contribution in [3.8, 4) is 5.75 Å². The van der Waals surface area contributed by atoms with Gasteiger partial charge in [0.1, 0.15) is 11.9 Å². The Hall–Kier alpha value is -0.670. The largest absolute Gasteiger partial charge is 0.490 e. The van der Waals surface area contributed by atoms with E-state index in [0.29, 0.717) is 6.10 Å². The summed E-state index contributed by atoms with van der Waals surface area (Å²) in [5.74, 6) is 3.32. The van der Waals surface area contributed by atoms with Gasteiger partial charge in [-0.25, -0.2) is 0 Å². The minimum absolute atomic E-state index is 0.135. The molecule has 2 N–H and O–H groups in total. The summed E-state index contributed by atoms with van der Waals surface area (Å²) in [6, 6.07) is 6.44. The molecule has 1 aromatic carbocycles. The molecule has 0 saturated carbocycles. The highest BCUT2D eigenvalue weighted by Crippen LogP contribution is 2.35. The molecular weight excluding hydrogens is 230 g/mol. The molecule has 0 saturated heterocycles. The number of hydrogen-bond acceptors (Lipinski definition) is 3. The summed E-state index contributed by atoms with van der Waals surface area (Å²) in [5.41, 5.74) is 8.65. The highest BCUT2D eigenvalue weighted by molar-refractivity contribution is 7.99. The topological polar surface area (TPSA) is 35.2 Å². The molecular formula is C14H21NOS. The normalized spacial score (nSPS) is 23.0. The second-order valence-corrected chi connectivity index (χ2v) is 6.00. The Kier molecular flexibility index (Phi) is 4.35. The van der Waals surface area contributed by atoms with Crippen molar-refractivity contribution in [2.45, 2.75) is 38.8 Å². The fourth-order valence-electron chi connectivity index (χ4n) is 2.24. The molecule has 2 atom stereocenters. The molecule has 1 aromatic rings. The lowest BCUT2D eigenvalue weighted by Crippen LogP contribution is -2.30. The summed E-state index contributed by atoms with van der Waals surface area (Å²) >= 11 is 1.97. The molecule has 0 amide bonds. The average Bonchev–Trinajstić information content (AvgIpc) is 2.31. The van der Waals surface area contributed by atoms with Gasteiger partial charge in [-0.2, -0.15) is 11.8 Å². The zero-order valence-electron chi connectivity index (χ0n) is 10.6. The first kappa shape index (κ1) is 12.8. The van der Waals surface area contributed by atoms with E-state index in [-0.39, 0.29) is 6.04 Å². The number of thioether (sulfide) groups is 1. The number of benzene rings is 1. The summed E-state index contributed by atoms with van der Waals surface area (Å²) in [6.07, 6.45) is 2.33. The Bertz CT molecular complexity index is 380. The van der Waals surface area contributed by atoms with Crippen molar-refractivity contribution in [1.82, 2.24) is 0 Å². The molecule has 0 fully saturated rings. The van der Waals surface area contributed by atoms with Gasteiger partial charge in [-0.15, -0.1) is 0 Å². The van der Waals surface area contributed by atoms with Gasteiger partial charge >= 0.3 is 0 Å². The Morgan fingerprint density at radius 3 is 3.06 bits per heavy atom. The first-order valence-electron chi connectivity index (χ1n) is 6.31. The predicted octanol–water partition coefficient (Wildman–Crippen LogP) is 3.29. The van der Waals surface area contributed by atoms with E-state index in [1.165, 1.54) is 16.9 Å². The number of rotatable bonds is 4. The summed E-state index contributed by atoms with van der Waals surface area (Å²) in [7, 11) is 0. The second-order valence-electron chi connectivity index (χ2n) is 4.61. The van der Waals surface area contributed by atoms with Gasteiger partial charge in [0.05, 0.1) is 0 Å². The van der Waals surface area contributed by atoms with Crippen LogP contribution in [0.15, 0.2) is 18.2 Å². The molecule has 0 aliphatic carbocycles. The molecule has 2 rings (SSSR count). The van der Waals surface area contributed by atoms with Gasteiger partial charge in [-0.3, -0.25) is 0 Å². The Morgan fingerprint density at radius 1 is 1.47 bits per heavy atom. The zero-order valence-corrected chi connectivity index (χ0v) is 11.4. The number of fused-ring (bicyclic) bond motifs is 1. The summed E-state index contributed by atoms with van der Waals surface area (Å²) in [5, 5.41) is 0. The van der Waals surface area contributed by atoms with Crippen LogP contribution < -0.4 is 10.5 Å². The SMILES string of the molecule is CCSCCC1C[C@H](N)c2cc(C)ccc2O1. The molecule has 1 heterocycles. The number of ether oxygens (including phenoxy) is 1. The van der Waals surface area contributed by atoms with Gasteiger partial charge in [0.15, 0.2) is 0 Å². The Labute approximate surface area is 108 Å². The first-order valence-corrected chi connectivity index (χ1v) is 7.46. The summed E-state index contributed by atoms with van der Waals surface area (Å²) < 4.78 is 6.01. The highest BCUT2D eigenvalue weighted by Gasteiger charge is 2.25. The van der Waals surface area contributed by atoms with Gasteiger partial charge < -0.3 is 10.5 Å². The molecule has 1 unspecified atom stereocenters. The standard InChI is InChI=1S/C14H21NOS/c1-3-17-7-6-11-9-13(15)12-8-10(2)4-5-14(12)16-11/h4-5,8,11,13H,3,6-7,9,15H2,1-2H3/t11?,13-/m0/s1. The Morgan fingerprint density at radius 2 is 2.29 bits per heavy atom. The van der Waals surface area contributed by atoms with Crippen LogP contribution in [0.3, 0.4) is 0 Å². The molecule has 1 aliphatic heterocycles. The monoisotopic (exact) mass is 251 g/mol. The lowest BCUT2D eigenvalue weighted by Gasteiger charge is -2.30. The van der Waals surface area contributed by atoms with E-state index in [4.69, 9.17) is 10.5 Å². The van der Waals surface area contributed by atoms with Crippen LogP contribution in [0, 0.1) is 6.92 Å². The Balaban J connectivity index is 2.03. The molecule has 0 radical (unpaired) electrons. The van der Waals surface area contributed by atoms with Crippen LogP contribution in [0.1, 0.15) is 36.9 Å². The van der Waals surface area contributed by atoms with Crippen molar-refractivity contribution in [2.24, 2.45) is 5.73 Å². The average molecular weight is 251 g/mol. The van der Waals surface area contributed by atoms with E-state index in [1.54, 1.807) is 0 Å². The third-order valence-electron chi connectivity index (χ3n) is 3.16. The van der Waals surface area contributed by atoms with Crippen LogP contribution in [0.2, 0.25) is 0 Å². The quantitative estimate of drug-likeness (QED) is 0.834. The number of aryl methyl sites for hydroxylation is 1. The smallest absolute Gasteiger partial charge is 0.124 e. The maximum absolute atomic E-state index is 6.22. The fourth-order valence-corrected chi connectivity index (χ4v) is 2.96. The molecule has 3 heteroatoms. The van der Waals surface area contributed by atoms with Crippen molar-refractivity contribution in [2.75, 3.05) is 11.5 Å². The third kappa shape index (κ3) is 3.17. The lowest BCUT2D eigenvalue weighted by atomic mass is 9.95. The molecule has 1 aliphatic rings. The van der Waals surface area contributed by atoms with Crippen LogP contribution in [-0.4, -0.2) is 17.6 Å². The van der Waals surface area contributed by atoms with Gasteiger partial charge in [0.25, 0.3) is 0 Å². The maximum atomic E-state index is 6.22. The lowest BCUT2D eigenvalue weighted by molar-refractivity contribution is 0.156. The molecule has 0 aromatic heterocycles. The summed E-state index contributed by atoms with van der Waals surface area (Å²) in [6.45, 7) is 4.28. The maximum Gasteiger partial charge on any atom is 0.124 e. The van der Waals surface area contributed by atoms with Crippen LogP contribution in [0.4, 0.5) is 0 Å². The fraction of sp³-hybridized carbons (Fsp3) is 0.571. The van der Waals surface area contributed by atoms with Gasteiger partial charge in [0.2, 0.25) is 0 Å². The van der Waals surface area contributed by atoms with Crippen LogP contribution >= 0.6 is 11.8 Å². The summed E-state index contributed by atoms with van der Waals surface area (Å²) in [4.78, 5) is 0. The first-order chi connectivity index (χ1) is 8.20. The molecule has 0 spiro atoms. The molecule has 94 valence electrons. The second kappa shape index (κ2) is 5.78. The minimum Gasteiger partial charge on any atom is -0.490 e. The van der Waals surface area contributed by atoms with E-state index in [9.17, 15) is 0 Å². The number of hydrogen-bond donors (Lipinski definition) is 1. The molecule has 2 nitrogen and oxygen atoms in total. The molecule has 17 heavy (non-hydrogen) atoms. The van der Waals surface area contributed by atoms with Crippen LogP contribution in [-0.2, 0) is 0 Å². The van der Waals surface area contributed by atoms with Crippen molar-refractivity contribution < 1.29 is 4.74 Å². The van der Waals surface area contributed by atoms with Gasteiger partial charge in [-0.1, -0.05) is 24.6 Å². The van der Waals surface area contributed by atoms with Crippen molar-refractivity contribution in [3.05, 3.63) is 29.3 Å². The minimum atomic E-state index is 0.135. The van der Waals surface area contributed by atoms with E-state index in [0.717, 1.165) is 24.3 Å². The van der Waals surface area contributed by atoms with Crippen molar-refractivity contribution >= 4 is 11.8 Å². The van der Waals surface area contributed by atoms with E-state index >= 15 is 0 Å². The van der Waals surface area contributed by atoms with E-state index in [1.807, 2.05) is 11.8 Å². The van der Waals surface area contributed by atoms with E-state index in [2.05, 4.69) is 32.0 Å². The molecule has 0 bridgehead atoms. The van der Waals surface area contributed by atoms with Gasteiger partial charge in [-0.05, 0) is 30.9 Å². The predicted molar refractivity (Wildman–Crippen MR) is 74.8 cm³/mol.